The molecule has 0 saturated heterocycles. The number of benzene rings is 1. The van der Waals surface area contributed by atoms with Crippen molar-refractivity contribution in [1.82, 2.24) is 9.97 Å². The standard InChI is InChI=1S/C14H11ClN2O/c1-2-18-13-7-4-11(5-8-13)3-6-12-9-17-14(15)10-16-12/h4-5,7-10H,2H2,1H3. The smallest absolute Gasteiger partial charge is 0.147 e. The minimum atomic E-state index is 0.363. The molecule has 1 aromatic heterocycles. The Morgan fingerprint density at radius 3 is 2.50 bits per heavy atom. The van der Waals surface area contributed by atoms with Gasteiger partial charge >= 0.3 is 0 Å². The van der Waals surface area contributed by atoms with E-state index in [1.807, 2.05) is 31.2 Å². The van der Waals surface area contributed by atoms with Gasteiger partial charge in [0.15, 0.2) is 0 Å². The Bertz CT molecular complexity index is 567. The van der Waals surface area contributed by atoms with Gasteiger partial charge in [0, 0.05) is 5.56 Å². The van der Waals surface area contributed by atoms with Gasteiger partial charge in [0.05, 0.1) is 19.0 Å². The minimum Gasteiger partial charge on any atom is -0.494 e. The molecule has 0 aliphatic carbocycles. The summed E-state index contributed by atoms with van der Waals surface area (Å²) in [4.78, 5) is 7.96. The SMILES string of the molecule is CCOc1ccc(C#Cc2cnc(Cl)cn2)cc1. The van der Waals surface area contributed by atoms with Crippen LogP contribution in [0.4, 0.5) is 0 Å². The Labute approximate surface area is 111 Å². The zero-order valence-electron chi connectivity index (χ0n) is 9.85. The lowest BCUT2D eigenvalue weighted by Crippen LogP contribution is -1.90. The highest BCUT2D eigenvalue weighted by atomic mass is 35.5. The lowest BCUT2D eigenvalue weighted by atomic mass is 10.2. The van der Waals surface area contributed by atoms with E-state index in [1.165, 1.54) is 6.20 Å². The largest absolute Gasteiger partial charge is 0.494 e. The number of aromatic nitrogens is 2. The van der Waals surface area contributed by atoms with Crippen LogP contribution in [-0.4, -0.2) is 16.6 Å². The van der Waals surface area contributed by atoms with Gasteiger partial charge in [0.25, 0.3) is 0 Å². The number of hydrogen-bond acceptors (Lipinski definition) is 3. The van der Waals surface area contributed by atoms with E-state index in [0.29, 0.717) is 17.5 Å². The van der Waals surface area contributed by atoms with Gasteiger partial charge in [-0.05, 0) is 37.1 Å². The summed E-state index contributed by atoms with van der Waals surface area (Å²) in [6.07, 6.45) is 3.02. The van der Waals surface area contributed by atoms with Gasteiger partial charge in [0.2, 0.25) is 0 Å². The molecule has 0 radical (unpaired) electrons. The molecule has 0 fully saturated rings. The van der Waals surface area contributed by atoms with Gasteiger partial charge in [0.1, 0.15) is 16.6 Å². The van der Waals surface area contributed by atoms with Crippen LogP contribution in [0.3, 0.4) is 0 Å². The van der Waals surface area contributed by atoms with Crippen LogP contribution in [-0.2, 0) is 0 Å². The fourth-order valence-electron chi connectivity index (χ4n) is 1.31. The molecular weight excluding hydrogens is 248 g/mol. The summed E-state index contributed by atoms with van der Waals surface area (Å²) >= 11 is 5.64. The lowest BCUT2D eigenvalue weighted by molar-refractivity contribution is 0.340. The molecule has 0 amide bonds. The highest BCUT2D eigenvalue weighted by Crippen LogP contribution is 2.11. The van der Waals surface area contributed by atoms with Gasteiger partial charge in [-0.15, -0.1) is 0 Å². The highest BCUT2D eigenvalue weighted by molar-refractivity contribution is 6.29. The molecule has 4 heteroatoms. The highest BCUT2D eigenvalue weighted by Gasteiger charge is 1.93. The average molecular weight is 259 g/mol. The predicted octanol–water partition coefficient (Wildman–Crippen LogP) is 2.93. The van der Waals surface area contributed by atoms with Gasteiger partial charge in [-0.1, -0.05) is 17.5 Å². The Kier molecular flexibility index (Phi) is 4.16. The van der Waals surface area contributed by atoms with Crippen LogP contribution in [0.25, 0.3) is 0 Å². The summed E-state index contributed by atoms with van der Waals surface area (Å²) in [7, 11) is 0. The monoisotopic (exact) mass is 258 g/mol. The van der Waals surface area contributed by atoms with Crippen molar-refractivity contribution < 1.29 is 4.74 Å². The molecule has 0 atom stereocenters. The normalized spacial score (nSPS) is 9.44. The molecule has 0 aliphatic heterocycles. The van der Waals surface area contributed by atoms with Crippen molar-refractivity contribution in [1.29, 1.82) is 0 Å². The number of halogens is 1. The second-order valence-corrected chi connectivity index (χ2v) is 3.82. The van der Waals surface area contributed by atoms with E-state index >= 15 is 0 Å². The molecule has 0 spiro atoms. The lowest BCUT2D eigenvalue weighted by Gasteiger charge is -2.01. The first kappa shape index (κ1) is 12.4. The molecule has 2 aromatic rings. The van der Waals surface area contributed by atoms with Gasteiger partial charge in [-0.25, -0.2) is 9.97 Å². The van der Waals surface area contributed by atoms with Crippen molar-refractivity contribution in [3.8, 4) is 17.6 Å². The molecule has 0 N–H and O–H groups in total. The van der Waals surface area contributed by atoms with Crippen LogP contribution in [0.5, 0.6) is 5.75 Å². The first-order chi connectivity index (χ1) is 8.78. The second-order valence-electron chi connectivity index (χ2n) is 3.43. The molecule has 2 rings (SSSR count). The minimum absolute atomic E-state index is 0.363. The zero-order valence-corrected chi connectivity index (χ0v) is 10.6. The first-order valence-electron chi connectivity index (χ1n) is 5.50. The second kappa shape index (κ2) is 6.04. The van der Waals surface area contributed by atoms with Gasteiger partial charge in [-0.3, -0.25) is 0 Å². The molecule has 1 heterocycles. The van der Waals surface area contributed by atoms with Crippen molar-refractivity contribution in [3.05, 3.63) is 53.1 Å². The Hall–Kier alpha value is -2.05. The van der Waals surface area contributed by atoms with E-state index in [9.17, 15) is 0 Å². The molecule has 3 nitrogen and oxygen atoms in total. The summed E-state index contributed by atoms with van der Waals surface area (Å²) in [6.45, 7) is 2.61. The molecule has 0 aliphatic rings. The average Bonchev–Trinajstić information content (AvgIpc) is 2.40. The van der Waals surface area contributed by atoms with Crippen molar-refractivity contribution in [2.24, 2.45) is 0 Å². The fraction of sp³-hybridized carbons (Fsp3) is 0.143. The molecular formula is C14H11ClN2O. The van der Waals surface area contributed by atoms with Crippen molar-refractivity contribution in [3.63, 3.8) is 0 Å². The van der Waals surface area contributed by atoms with Crippen LogP contribution >= 0.6 is 11.6 Å². The predicted molar refractivity (Wildman–Crippen MR) is 70.6 cm³/mol. The third-order valence-electron chi connectivity index (χ3n) is 2.12. The van der Waals surface area contributed by atoms with Crippen molar-refractivity contribution >= 4 is 11.6 Å². The van der Waals surface area contributed by atoms with Crippen LogP contribution in [0, 0.1) is 11.8 Å². The molecule has 0 bridgehead atoms. The molecule has 90 valence electrons. The van der Waals surface area contributed by atoms with Crippen LogP contribution in [0.2, 0.25) is 5.15 Å². The van der Waals surface area contributed by atoms with E-state index in [0.717, 1.165) is 11.3 Å². The van der Waals surface area contributed by atoms with E-state index in [-0.39, 0.29) is 0 Å². The van der Waals surface area contributed by atoms with E-state index in [1.54, 1.807) is 6.20 Å². The maximum atomic E-state index is 5.64. The summed E-state index contributed by atoms with van der Waals surface area (Å²) in [5.41, 5.74) is 1.49. The number of nitrogens with zero attached hydrogens (tertiary/aromatic N) is 2. The summed E-state index contributed by atoms with van der Waals surface area (Å²) in [6, 6.07) is 7.59. The Morgan fingerprint density at radius 1 is 1.11 bits per heavy atom. The topological polar surface area (TPSA) is 35.0 Å². The first-order valence-corrected chi connectivity index (χ1v) is 5.88. The van der Waals surface area contributed by atoms with Crippen LogP contribution in [0.1, 0.15) is 18.2 Å². The zero-order chi connectivity index (χ0) is 12.8. The third kappa shape index (κ3) is 3.47. The number of ether oxygens (including phenoxy) is 1. The number of rotatable bonds is 2. The van der Waals surface area contributed by atoms with E-state index in [2.05, 4.69) is 21.8 Å². The molecule has 0 unspecified atom stereocenters. The summed E-state index contributed by atoms with van der Waals surface area (Å²) in [5.74, 6) is 6.76. The Morgan fingerprint density at radius 2 is 1.89 bits per heavy atom. The maximum Gasteiger partial charge on any atom is 0.147 e. The van der Waals surface area contributed by atoms with Crippen molar-refractivity contribution in [2.75, 3.05) is 6.61 Å². The third-order valence-corrected chi connectivity index (χ3v) is 2.32. The maximum absolute atomic E-state index is 5.64. The quantitative estimate of drug-likeness (QED) is 0.777. The van der Waals surface area contributed by atoms with Crippen LogP contribution in [0.15, 0.2) is 36.7 Å². The van der Waals surface area contributed by atoms with Gasteiger partial charge in [-0.2, -0.15) is 0 Å². The van der Waals surface area contributed by atoms with Crippen molar-refractivity contribution in [2.45, 2.75) is 6.92 Å². The fourth-order valence-corrected chi connectivity index (χ4v) is 1.41. The summed E-state index contributed by atoms with van der Waals surface area (Å²) < 4.78 is 5.35. The number of hydrogen-bond donors (Lipinski definition) is 0. The summed E-state index contributed by atoms with van der Waals surface area (Å²) in [5, 5.41) is 0.363. The van der Waals surface area contributed by atoms with Gasteiger partial charge < -0.3 is 4.74 Å². The molecule has 0 saturated carbocycles. The van der Waals surface area contributed by atoms with E-state index in [4.69, 9.17) is 16.3 Å². The molecule has 18 heavy (non-hydrogen) atoms. The Balaban J connectivity index is 2.12. The van der Waals surface area contributed by atoms with Crippen LogP contribution < -0.4 is 4.74 Å². The molecule has 1 aromatic carbocycles. The van der Waals surface area contributed by atoms with E-state index < -0.39 is 0 Å².